The van der Waals surface area contributed by atoms with Gasteiger partial charge in [-0.25, -0.2) is 59.8 Å². The van der Waals surface area contributed by atoms with Crippen LogP contribution in [0.2, 0.25) is 17.1 Å². The van der Waals surface area contributed by atoms with Gasteiger partial charge >= 0.3 is 14.2 Å². The predicted octanol–water partition coefficient (Wildman–Crippen LogP) is 9.86. The number of nitrogens with zero attached hydrogens (tertiary/aromatic N) is 13. The first kappa shape index (κ1) is 57.8. The highest BCUT2D eigenvalue weighted by molar-refractivity contribution is 9.10. The van der Waals surface area contributed by atoms with Crippen molar-refractivity contribution in [3.63, 3.8) is 0 Å². The number of carbonyl (C=O) groups is 1. The summed E-state index contributed by atoms with van der Waals surface area (Å²) >= 11 is 14.1. The highest BCUT2D eigenvalue weighted by Crippen LogP contribution is 2.37. The highest BCUT2D eigenvalue weighted by Gasteiger charge is 2.52. The molecule has 22 nitrogen and oxygen atoms in total. The van der Waals surface area contributed by atoms with E-state index in [1.165, 1.54) is 6.33 Å². The lowest BCUT2D eigenvalue weighted by Crippen LogP contribution is -2.41. The van der Waals surface area contributed by atoms with Gasteiger partial charge in [-0.1, -0.05) is 48.3 Å². The Labute approximate surface area is 529 Å². The minimum atomic E-state index is -0.754. The van der Waals surface area contributed by atoms with Gasteiger partial charge in [0.1, 0.15) is 47.0 Å². The molecule has 2 fully saturated rings. The van der Waals surface area contributed by atoms with Crippen LogP contribution < -0.4 is 27.6 Å². The Morgan fingerprint density at radius 2 is 1.15 bits per heavy atom. The number of fused-ring (bicyclic) bond motifs is 1. The van der Waals surface area contributed by atoms with Gasteiger partial charge in [0.2, 0.25) is 0 Å². The molecule has 0 saturated carbocycles. The molecule has 2 aliphatic rings. The molecule has 1 atom stereocenters. The van der Waals surface area contributed by atoms with E-state index in [9.17, 15) is 4.79 Å². The number of hydrogen-bond acceptors (Lipinski definition) is 21. The Bertz CT molecular complexity index is 3660. The summed E-state index contributed by atoms with van der Waals surface area (Å²) in [7, 11) is 0.789. The van der Waals surface area contributed by atoms with Gasteiger partial charge in [-0.15, -0.1) is 0 Å². The Morgan fingerprint density at radius 1 is 0.679 bits per heavy atom. The Balaban J connectivity index is 0.000000257. The van der Waals surface area contributed by atoms with Crippen LogP contribution in [0.25, 0.3) is 22.2 Å². The van der Waals surface area contributed by atoms with Crippen molar-refractivity contribution < 1.29 is 34.4 Å². The summed E-state index contributed by atoms with van der Waals surface area (Å²) in [6.07, 6.45) is 2.92. The largest absolute Gasteiger partial charge is 0.498 e. The number of halogens is 3. The molecule has 1 aromatic carbocycles. The number of rotatable bonds is 7. The van der Waals surface area contributed by atoms with E-state index in [0.717, 1.165) is 16.5 Å². The number of nitrogens with two attached hydrogens (primary N) is 2. The number of aromatic nitrogens is 13. The number of amides is 1. The summed E-state index contributed by atoms with van der Waals surface area (Å²) in [5.41, 5.74) is 12.9. The number of nitrogens with one attached hydrogen (secondary N) is 2. The predicted molar refractivity (Wildman–Crippen MR) is 341 cm³/mol. The lowest BCUT2D eigenvalue weighted by atomic mass is 9.81. The third-order valence-corrected chi connectivity index (χ3v) is 13.7. The molecule has 9 heterocycles. The minimum absolute atomic E-state index is 0. The van der Waals surface area contributed by atoms with E-state index < -0.39 is 18.3 Å². The molecule has 28 heteroatoms. The van der Waals surface area contributed by atoms with Crippen LogP contribution in [-0.2, 0) is 18.6 Å². The first-order chi connectivity index (χ1) is 42.2. The molecule has 2 saturated heterocycles. The van der Waals surface area contributed by atoms with Gasteiger partial charge in [0, 0.05) is 85.2 Å². The fourth-order valence-electron chi connectivity index (χ4n) is 7.02. The molecule has 84 heavy (non-hydrogen) atoms. The number of carbonyl (C=O) groups excluding carboxylic acids is 1. The van der Waals surface area contributed by atoms with E-state index in [-0.39, 0.29) is 120 Å². The molecule has 8 aromatic rings. The summed E-state index contributed by atoms with van der Waals surface area (Å²) < 4.78 is 83.5. The summed E-state index contributed by atoms with van der Waals surface area (Å²) in [6.45, 7) is 28.7. The molecule has 6 N–H and O–H groups in total. The van der Waals surface area contributed by atoms with Gasteiger partial charge in [0.25, 0.3) is 5.91 Å². The summed E-state index contributed by atoms with van der Waals surface area (Å²) in [5, 5.41) is 7.18. The summed E-state index contributed by atoms with van der Waals surface area (Å²) in [4.78, 5) is 63.5. The van der Waals surface area contributed by atoms with Crippen molar-refractivity contribution in [3.05, 3.63) is 147 Å². The maximum Gasteiger partial charge on any atom is 0.498 e. The van der Waals surface area contributed by atoms with E-state index in [1.807, 2.05) is 52.7 Å². The number of hydrogen-bond donors (Lipinski definition) is 4. The Hall–Kier alpha value is -6.64. The molecule has 7 aromatic heterocycles. The summed E-state index contributed by atoms with van der Waals surface area (Å²) in [5.74, 6) is 2.63. The van der Waals surface area contributed by atoms with Crippen LogP contribution in [0.5, 0.6) is 0 Å². The molecule has 0 bridgehead atoms. The lowest BCUT2D eigenvalue weighted by Gasteiger charge is -2.32. The quantitative estimate of drug-likeness (QED) is 0.0852. The molecule has 0 aliphatic carbocycles. The van der Waals surface area contributed by atoms with Crippen LogP contribution in [0.1, 0.15) is 124 Å². The monoisotopic (exact) mass is 1280 g/mol. The van der Waals surface area contributed by atoms with Gasteiger partial charge in [-0.3, -0.25) is 9.78 Å². The Kier molecular flexibility index (Phi) is 21.3. The second kappa shape index (κ2) is 31.0. The van der Waals surface area contributed by atoms with E-state index >= 15 is 0 Å². The zero-order chi connectivity index (χ0) is 68.4. The fraction of sp³-hybridized carbons (Fsp3) is 0.393. The van der Waals surface area contributed by atoms with Crippen LogP contribution in [0.4, 0.5) is 17.2 Å². The van der Waals surface area contributed by atoms with Crippen molar-refractivity contribution in [2.75, 3.05) is 30.4 Å². The lowest BCUT2D eigenvalue weighted by molar-refractivity contribution is 0.00578. The van der Waals surface area contributed by atoms with Crippen LogP contribution in [-0.4, -0.2) is 121 Å². The maximum atomic E-state index is 12.2. The highest BCUT2D eigenvalue weighted by atomic mass is 79.9. The molecule has 446 valence electrons. The number of aryl methyl sites for hydroxylation is 5. The topological polar surface area (TPSA) is 298 Å². The van der Waals surface area contributed by atoms with Gasteiger partial charge in [0.15, 0.2) is 10.3 Å². The SMILES string of the molecule is CB1OC(C)(C)C(C)(C)O1.Cc1nc(Cl)c(N)c(Cl)n1.S.[2H]c1nc(C)nc([2H])c1-c1cc(NC[C@@H](C)c2cccc3c(C(=O)NC)ccnc23)ncn1.[2H]c1nc(C)nc([2H])c1B1OC(C)(C)C(C)(C)O1.[2H]c1nc(C)nc([2H])c1Br.[2H]c1nc(C)nc([2H])c1N. The van der Waals surface area contributed by atoms with E-state index in [1.54, 1.807) is 60.0 Å². The molecule has 2 aliphatic heterocycles. The number of anilines is 3. The van der Waals surface area contributed by atoms with Crippen molar-refractivity contribution in [1.82, 2.24) is 70.1 Å². The number of pyridine rings is 1. The number of benzene rings is 1. The van der Waals surface area contributed by atoms with Gasteiger partial charge in [-0.2, -0.15) is 13.5 Å². The third-order valence-electron chi connectivity index (χ3n) is 12.8. The molecule has 0 unspecified atom stereocenters. The van der Waals surface area contributed by atoms with Crippen molar-refractivity contribution >= 4 is 106 Å². The normalized spacial score (nSPS) is 16.4. The molecule has 0 spiro atoms. The second-order valence-electron chi connectivity index (χ2n) is 20.4. The first-order valence-corrected chi connectivity index (χ1v) is 27.3. The van der Waals surface area contributed by atoms with Crippen molar-refractivity contribution in [1.29, 1.82) is 0 Å². The maximum absolute atomic E-state index is 12.2. The van der Waals surface area contributed by atoms with Crippen molar-refractivity contribution in [3.8, 4) is 11.3 Å². The van der Waals surface area contributed by atoms with E-state index in [2.05, 4.69) is 126 Å². The van der Waals surface area contributed by atoms with Gasteiger partial charge < -0.3 is 40.7 Å². The summed E-state index contributed by atoms with van der Waals surface area (Å²) in [6, 6.07) is 9.22. The fourth-order valence-corrected chi connectivity index (χ4v) is 7.67. The second-order valence-corrected chi connectivity index (χ2v) is 21.9. The molecule has 1 amide bonds. The van der Waals surface area contributed by atoms with Crippen LogP contribution >= 0.6 is 52.6 Å². The third kappa shape index (κ3) is 20.0. The van der Waals surface area contributed by atoms with Crippen molar-refractivity contribution in [2.45, 2.75) is 132 Å². The average molecular weight is 1280 g/mol. The van der Waals surface area contributed by atoms with Crippen LogP contribution in [0.15, 0.2) is 96.7 Å². The number of nitrogen functional groups attached to an aromatic ring is 2. The average Bonchev–Trinajstić information content (AvgIpc) is 1.59. The zero-order valence-electron chi connectivity index (χ0n) is 57.6. The van der Waals surface area contributed by atoms with Gasteiger partial charge in [0.05, 0.1) is 72.7 Å². The van der Waals surface area contributed by atoms with Crippen LogP contribution in [0, 0.1) is 34.6 Å². The molecular weight excluding hydrogens is 1200 g/mol. The standard InChI is InChI=1S/C23H23N7O.C11H17BN2O2.C7H15BO2.C5H5BrN2.C5H5Cl2N3.C5H7N3.H2S/c1-14(17-5-4-6-18-19(23(31)24-3)7-8-25-22(17)18)10-28-21-9-20(29-13-30-21)16-11-26-15(2)27-12-16;1-8-13-6-9(7-14-8)12-15-10(2,3)11(4,5)16-12;1-6(2)7(3,4)10-8(5)9-6;1-4-7-2-5(6)3-8-4;1-2-9-4(6)3(8)5(7)10-2;1-4-7-2-5(6)3-8-4;/h4-9,11-14H,10H2,1-3H3,(H,24,31)(H,28,29,30);6-7H,1-5H3;1-5H3;2-3H,1H3;8H2,1H3;2-3H,6H2,1H3;1H2/t14-;;;;;;/m1....../s1/i11D,12D;6D,7D;;2D,3D;;2D,3D;. The molecule has 0 radical (unpaired) electrons. The minimum Gasteiger partial charge on any atom is -0.403 e. The first-order valence-electron chi connectivity index (χ1n) is 29.7. The van der Waals surface area contributed by atoms with E-state index in [0.29, 0.717) is 62.7 Å². The van der Waals surface area contributed by atoms with E-state index in [4.69, 9.17) is 64.3 Å². The molecule has 10 rings (SSSR count). The van der Waals surface area contributed by atoms with Gasteiger partial charge in [-0.05, 0) is 124 Å². The van der Waals surface area contributed by atoms with Crippen LogP contribution in [0.3, 0.4) is 0 Å². The Morgan fingerprint density at radius 3 is 1.64 bits per heavy atom. The zero-order valence-corrected chi connectivity index (χ0v) is 53.7. The number of para-hydroxylation sites is 1. The smallest absolute Gasteiger partial charge is 0.403 e. The molecular formula is C56H74B2BrCl2N17O5S. The van der Waals surface area contributed by atoms with Crippen molar-refractivity contribution in [2.24, 2.45) is 0 Å².